The first-order valence-electron chi connectivity index (χ1n) is 9.64. The monoisotopic (exact) mass is 333 g/mol. The number of fused-ring (bicyclic) bond motifs is 1. The molecule has 2 nitrogen and oxygen atoms in total. The maximum absolute atomic E-state index is 12.6. The van der Waals surface area contributed by atoms with Crippen molar-refractivity contribution in [3.05, 3.63) is 71.8 Å². The van der Waals surface area contributed by atoms with Crippen LogP contribution in [0.3, 0.4) is 0 Å². The topological polar surface area (TPSA) is 20.3 Å². The second-order valence-corrected chi connectivity index (χ2v) is 7.74. The third-order valence-electron chi connectivity index (χ3n) is 6.34. The predicted molar refractivity (Wildman–Crippen MR) is 102 cm³/mol. The van der Waals surface area contributed by atoms with E-state index in [9.17, 15) is 4.79 Å². The van der Waals surface area contributed by atoms with Crippen molar-refractivity contribution in [2.24, 2.45) is 5.92 Å². The van der Waals surface area contributed by atoms with Crippen LogP contribution in [0.25, 0.3) is 0 Å². The van der Waals surface area contributed by atoms with E-state index in [1.807, 2.05) is 30.3 Å². The van der Waals surface area contributed by atoms with Crippen LogP contribution >= 0.6 is 0 Å². The number of Topliss-reactive ketones (excluding diaryl/α,β-unsaturated/α-hetero) is 1. The fraction of sp³-hybridized carbons (Fsp3) is 0.435. The Morgan fingerprint density at radius 3 is 2.40 bits per heavy atom. The van der Waals surface area contributed by atoms with Crippen molar-refractivity contribution >= 4 is 5.78 Å². The molecule has 0 spiro atoms. The molecule has 0 bridgehead atoms. The van der Waals surface area contributed by atoms with Crippen molar-refractivity contribution in [2.75, 3.05) is 19.6 Å². The molecule has 1 saturated heterocycles. The normalized spacial score (nSPS) is 26.8. The minimum Gasteiger partial charge on any atom is -0.295 e. The third kappa shape index (κ3) is 3.28. The molecular formula is C23H27NO. The molecule has 1 saturated carbocycles. The highest BCUT2D eigenvalue weighted by atomic mass is 16.1. The lowest BCUT2D eigenvalue weighted by Gasteiger charge is -2.35. The summed E-state index contributed by atoms with van der Waals surface area (Å²) in [6, 6.07) is 20.9. The van der Waals surface area contributed by atoms with Crippen LogP contribution in [0.15, 0.2) is 60.7 Å². The van der Waals surface area contributed by atoms with Crippen LogP contribution in [0.5, 0.6) is 0 Å². The van der Waals surface area contributed by atoms with Crippen molar-refractivity contribution in [1.29, 1.82) is 0 Å². The van der Waals surface area contributed by atoms with Crippen LogP contribution in [0.4, 0.5) is 0 Å². The molecule has 130 valence electrons. The van der Waals surface area contributed by atoms with Crippen LogP contribution in [-0.2, 0) is 5.41 Å². The Bertz CT molecular complexity index is 711. The Kier molecular flexibility index (Phi) is 4.72. The molecular weight excluding hydrogens is 306 g/mol. The highest BCUT2D eigenvalue weighted by Crippen LogP contribution is 2.50. The van der Waals surface area contributed by atoms with E-state index in [1.54, 1.807) is 0 Å². The van der Waals surface area contributed by atoms with Gasteiger partial charge < -0.3 is 0 Å². The van der Waals surface area contributed by atoms with Crippen LogP contribution in [0, 0.1) is 5.92 Å². The van der Waals surface area contributed by atoms with Crippen molar-refractivity contribution < 1.29 is 4.79 Å². The van der Waals surface area contributed by atoms with Crippen molar-refractivity contribution in [3.8, 4) is 0 Å². The molecule has 2 atom stereocenters. The molecule has 2 heteroatoms. The molecule has 2 aliphatic rings. The van der Waals surface area contributed by atoms with Gasteiger partial charge in [0.2, 0.25) is 0 Å². The summed E-state index contributed by atoms with van der Waals surface area (Å²) in [6.07, 6.45) is 6.37. The molecule has 0 N–H and O–H groups in total. The fourth-order valence-electron chi connectivity index (χ4n) is 5.12. The maximum atomic E-state index is 12.6. The van der Waals surface area contributed by atoms with Gasteiger partial charge in [0.25, 0.3) is 0 Å². The van der Waals surface area contributed by atoms with Gasteiger partial charge in [0.15, 0.2) is 5.78 Å². The summed E-state index contributed by atoms with van der Waals surface area (Å²) in [5.41, 5.74) is 2.70. The van der Waals surface area contributed by atoms with E-state index in [2.05, 4.69) is 35.2 Å². The van der Waals surface area contributed by atoms with E-state index in [4.69, 9.17) is 0 Å². The zero-order chi connectivity index (χ0) is 17.1. The lowest BCUT2D eigenvalue weighted by atomic mass is 9.70. The first kappa shape index (κ1) is 16.5. The van der Waals surface area contributed by atoms with Gasteiger partial charge in [-0.3, -0.25) is 9.69 Å². The molecule has 0 aromatic heterocycles. The zero-order valence-corrected chi connectivity index (χ0v) is 14.9. The molecule has 2 unspecified atom stereocenters. The summed E-state index contributed by atoms with van der Waals surface area (Å²) in [5.74, 6) is 0.937. The summed E-state index contributed by atoms with van der Waals surface area (Å²) in [4.78, 5) is 15.0. The Balaban J connectivity index is 1.51. The van der Waals surface area contributed by atoms with Gasteiger partial charge in [-0.1, -0.05) is 67.1 Å². The second-order valence-electron chi connectivity index (χ2n) is 7.74. The van der Waals surface area contributed by atoms with Gasteiger partial charge in [0.1, 0.15) is 0 Å². The lowest BCUT2D eigenvalue weighted by Crippen LogP contribution is -2.38. The van der Waals surface area contributed by atoms with Gasteiger partial charge in [-0.2, -0.15) is 0 Å². The Morgan fingerprint density at radius 1 is 0.960 bits per heavy atom. The zero-order valence-electron chi connectivity index (χ0n) is 14.9. The van der Waals surface area contributed by atoms with E-state index < -0.39 is 0 Å². The smallest absolute Gasteiger partial charge is 0.176 e. The van der Waals surface area contributed by atoms with Crippen molar-refractivity contribution in [1.82, 2.24) is 4.90 Å². The van der Waals surface area contributed by atoms with Crippen molar-refractivity contribution in [3.63, 3.8) is 0 Å². The summed E-state index contributed by atoms with van der Waals surface area (Å²) < 4.78 is 0. The van der Waals surface area contributed by atoms with E-state index in [0.717, 1.165) is 18.7 Å². The molecule has 0 radical (unpaired) electrons. The number of benzene rings is 2. The molecule has 2 aromatic rings. The van der Waals surface area contributed by atoms with E-state index in [-0.39, 0.29) is 5.78 Å². The highest BCUT2D eigenvalue weighted by molar-refractivity contribution is 5.97. The molecule has 4 rings (SSSR count). The number of nitrogens with zero attached hydrogens (tertiary/aromatic N) is 1. The summed E-state index contributed by atoms with van der Waals surface area (Å²) in [7, 11) is 0. The number of rotatable bonds is 4. The number of carbonyl (C=O) groups is 1. The predicted octanol–water partition coefficient (Wildman–Crippen LogP) is 4.70. The highest BCUT2D eigenvalue weighted by Gasteiger charge is 2.45. The first-order valence-corrected chi connectivity index (χ1v) is 9.64. The summed E-state index contributed by atoms with van der Waals surface area (Å²) >= 11 is 0. The molecule has 0 amide bonds. The van der Waals surface area contributed by atoms with Crippen LogP contribution in [-0.4, -0.2) is 30.3 Å². The van der Waals surface area contributed by atoms with Gasteiger partial charge in [0.05, 0.1) is 6.54 Å². The molecule has 2 aromatic carbocycles. The van der Waals surface area contributed by atoms with E-state index >= 15 is 0 Å². The maximum Gasteiger partial charge on any atom is 0.176 e. The van der Waals surface area contributed by atoms with Gasteiger partial charge >= 0.3 is 0 Å². The number of likely N-dealkylation sites (tertiary alicyclic amines) is 1. The quantitative estimate of drug-likeness (QED) is 0.756. The standard InChI is InChI=1S/C23H27NO/c25-22(19-9-3-1-4-10-19)18-24-16-8-15-23(14-7-13-21(23)17-24)20-11-5-2-6-12-20/h1-6,9-12,21H,7-8,13-18H2. The Hall–Kier alpha value is -1.93. The lowest BCUT2D eigenvalue weighted by molar-refractivity contribution is 0.0920. The summed E-state index contributed by atoms with van der Waals surface area (Å²) in [6.45, 7) is 2.67. The van der Waals surface area contributed by atoms with Gasteiger partial charge in [0, 0.05) is 12.1 Å². The molecule has 1 heterocycles. The number of carbonyl (C=O) groups excluding carboxylic acids is 1. The van der Waals surface area contributed by atoms with Crippen LogP contribution < -0.4 is 0 Å². The number of hydrogen-bond donors (Lipinski definition) is 0. The molecule has 25 heavy (non-hydrogen) atoms. The number of hydrogen-bond acceptors (Lipinski definition) is 2. The van der Waals surface area contributed by atoms with Crippen molar-refractivity contribution in [2.45, 2.75) is 37.5 Å². The van der Waals surface area contributed by atoms with E-state index in [1.165, 1.54) is 37.7 Å². The van der Waals surface area contributed by atoms with Gasteiger partial charge in [-0.15, -0.1) is 0 Å². The summed E-state index contributed by atoms with van der Waals surface area (Å²) in [5, 5.41) is 0. The second kappa shape index (κ2) is 7.13. The Morgan fingerprint density at radius 2 is 1.64 bits per heavy atom. The first-order chi connectivity index (χ1) is 12.3. The molecule has 2 fully saturated rings. The average molecular weight is 333 g/mol. The third-order valence-corrected chi connectivity index (χ3v) is 6.34. The fourth-order valence-corrected chi connectivity index (χ4v) is 5.12. The average Bonchev–Trinajstić information content (AvgIpc) is 2.98. The van der Waals surface area contributed by atoms with Crippen LogP contribution in [0.1, 0.15) is 48.0 Å². The molecule has 1 aliphatic carbocycles. The minimum absolute atomic E-state index is 0.255. The van der Waals surface area contributed by atoms with Crippen LogP contribution in [0.2, 0.25) is 0 Å². The minimum atomic E-state index is 0.255. The van der Waals surface area contributed by atoms with E-state index in [0.29, 0.717) is 17.9 Å². The largest absolute Gasteiger partial charge is 0.295 e. The Labute approximate surface area is 150 Å². The number of ketones is 1. The van der Waals surface area contributed by atoms with Gasteiger partial charge in [-0.05, 0) is 49.1 Å². The molecule has 1 aliphatic heterocycles. The SMILES string of the molecule is O=C(CN1CCCC2(c3ccccc3)CCCC2C1)c1ccccc1. The van der Waals surface area contributed by atoms with Gasteiger partial charge in [-0.25, -0.2) is 0 Å².